The van der Waals surface area contributed by atoms with Crippen LogP contribution in [-0.2, 0) is 6.54 Å². The summed E-state index contributed by atoms with van der Waals surface area (Å²) in [5.41, 5.74) is 3.62. The molecule has 3 N–H and O–H groups in total. The number of hydrogen-bond acceptors (Lipinski definition) is 4. The van der Waals surface area contributed by atoms with E-state index in [0.29, 0.717) is 19.0 Å². The first-order chi connectivity index (χ1) is 13.5. The van der Waals surface area contributed by atoms with Crippen LogP contribution in [0, 0.1) is 6.92 Å². The first kappa shape index (κ1) is 23.4. The van der Waals surface area contributed by atoms with Crippen molar-refractivity contribution in [3.63, 3.8) is 0 Å². The fourth-order valence-corrected chi connectivity index (χ4v) is 4.15. The van der Waals surface area contributed by atoms with Crippen LogP contribution in [-0.4, -0.2) is 38.8 Å². The minimum Gasteiger partial charge on any atom is -0.386 e. The van der Waals surface area contributed by atoms with Crippen molar-refractivity contribution in [3.05, 3.63) is 64.5 Å². The number of aliphatic hydroxyl groups excluding tert-OH is 1. The maximum Gasteiger partial charge on any atom is 0.191 e. The number of hydrogen-bond donors (Lipinski definition) is 3. The van der Waals surface area contributed by atoms with Gasteiger partial charge in [-0.05, 0) is 41.6 Å². The van der Waals surface area contributed by atoms with Crippen molar-refractivity contribution in [2.45, 2.75) is 19.6 Å². The molecule has 0 fully saturated rings. The first-order valence-corrected chi connectivity index (χ1v) is 10.2. The molecule has 3 rings (SSSR count). The van der Waals surface area contributed by atoms with Crippen molar-refractivity contribution in [2.75, 3.05) is 32.6 Å². The lowest BCUT2D eigenvalue weighted by Crippen LogP contribution is -2.39. The number of aliphatic imine (C=N–C) groups is 1. The molecule has 0 aliphatic rings. The Morgan fingerprint density at radius 1 is 1.14 bits per heavy atom. The maximum absolute atomic E-state index is 10.6. The van der Waals surface area contributed by atoms with Crippen LogP contribution in [0.15, 0.2) is 53.5 Å². The van der Waals surface area contributed by atoms with Crippen molar-refractivity contribution < 1.29 is 5.11 Å². The predicted octanol–water partition coefficient (Wildman–Crippen LogP) is 4.29. The van der Waals surface area contributed by atoms with Gasteiger partial charge in [0.15, 0.2) is 5.96 Å². The van der Waals surface area contributed by atoms with Crippen molar-refractivity contribution in [1.29, 1.82) is 0 Å². The van der Waals surface area contributed by atoms with Crippen LogP contribution in [0.4, 0.5) is 5.69 Å². The molecule has 0 aliphatic heterocycles. The number of thiophene rings is 1. The topological polar surface area (TPSA) is 59.9 Å². The molecule has 0 aliphatic carbocycles. The standard InChI is InChI=1S/C22H28N4OS.HI/c1-15-9-10-17(18(11-15)26(3)4)13-24-22(23-2)25-14-19(27)21-12-16-7-5-6-8-20(16)28-21;/h5-12,19,27H,13-14H2,1-4H3,(H2,23,24,25);1H. The van der Waals surface area contributed by atoms with E-state index in [1.54, 1.807) is 18.4 Å². The zero-order valence-electron chi connectivity index (χ0n) is 17.3. The molecule has 0 amide bonds. The Morgan fingerprint density at radius 3 is 2.59 bits per heavy atom. The molecule has 0 saturated carbocycles. The third-order valence-corrected chi connectivity index (χ3v) is 5.85. The van der Waals surface area contributed by atoms with Crippen LogP contribution in [0.25, 0.3) is 10.1 Å². The van der Waals surface area contributed by atoms with Gasteiger partial charge >= 0.3 is 0 Å². The Hall–Kier alpha value is -1.84. The molecule has 29 heavy (non-hydrogen) atoms. The summed E-state index contributed by atoms with van der Waals surface area (Å²) in [6.45, 7) is 3.16. The summed E-state index contributed by atoms with van der Waals surface area (Å²) in [6, 6.07) is 16.7. The van der Waals surface area contributed by atoms with E-state index in [4.69, 9.17) is 0 Å². The molecule has 156 valence electrons. The quantitative estimate of drug-likeness (QED) is 0.256. The van der Waals surface area contributed by atoms with Gasteiger partial charge in [0, 0.05) is 49.5 Å². The summed E-state index contributed by atoms with van der Waals surface area (Å²) in [6.07, 6.45) is -0.576. The van der Waals surface area contributed by atoms with E-state index in [-0.39, 0.29) is 24.0 Å². The van der Waals surface area contributed by atoms with Crippen LogP contribution in [0.2, 0.25) is 0 Å². The molecule has 0 radical (unpaired) electrons. The number of halogens is 1. The summed E-state index contributed by atoms with van der Waals surface area (Å²) in [4.78, 5) is 7.35. The maximum atomic E-state index is 10.6. The van der Waals surface area contributed by atoms with E-state index >= 15 is 0 Å². The Labute approximate surface area is 193 Å². The second-order valence-electron chi connectivity index (χ2n) is 7.04. The summed E-state index contributed by atoms with van der Waals surface area (Å²) >= 11 is 1.63. The molecule has 1 heterocycles. The lowest BCUT2D eigenvalue weighted by Gasteiger charge is -2.20. The highest BCUT2D eigenvalue weighted by atomic mass is 127. The van der Waals surface area contributed by atoms with Crippen LogP contribution in [0.5, 0.6) is 0 Å². The smallest absolute Gasteiger partial charge is 0.191 e. The van der Waals surface area contributed by atoms with Crippen LogP contribution in [0.1, 0.15) is 22.1 Å². The van der Waals surface area contributed by atoms with E-state index in [0.717, 1.165) is 4.88 Å². The van der Waals surface area contributed by atoms with Crippen LogP contribution in [0.3, 0.4) is 0 Å². The number of nitrogens with one attached hydrogen (secondary N) is 2. The van der Waals surface area contributed by atoms with Gasteiger partial charge in [0.2, 0.25) is 0 Å². The van der Waals surface area contributed by atoms with E-state index < -0.39 is 6.10 Å². The molecule has 0 spiro atoms. The number of guanidine groups is 1. The van der Waals surface area contributed by atoms with Gasteiger partial charge in [-0.15, -0.1) is 35.3 Å². The van der Waals surface area contributed by atoms with E-state index in [1.807, 2.05) is 26.2 Å². The number of rotatable bonds is 6. The average molecular weight is 524 g/mol. The molecule has 0 bridgehead atoms. The Kier molecular flexibility index (Phi) is 8.73. The average Bonchev–Trinajstić information content (AvgIpc) is 3.13. The minimum atomic E-state index is -0.576. The van der Waals surface area contributed by atoms with Crippen LogP contribution >= 0.6 is 35.3 Å². The highest BCUT2D eigenvalue weighted by molar-refractivity contribution is 14.0. The highest BCUT2D eigenvalue weighted by Crippen LogP contribution is 2.29. The number of benzene rings is 2. The summed E-state index contributed by atoms with van der Waals surface area (Å²) in [7, 11) is 5.84. The van der Waals surface area contributed by atoms with Crippen molar-refractivity contribution >= 4 is 57.0 Å². The molecule has 1 atom stereocenters. The predicted molar refractivity (Wildman–Crippen MR) is 136 cm³/mol. The molecule has 0 saturated heterocycles. The molecule has 7 heteroatoms. The SMILES string of the molecule is CN=C(NCc1ccc(C)cc1N(C)C)NCC(O)c1cc2ccccc2s1.I. The van der Waals surface area contributed by atoms with Gasteiger partial charge in [0.1, 0.15) is 6.10 Å². The molecule has 1 unspecified atom stereocenters. The highest BCUT2D eigenvalue weighted by Gasteiger charge is 2.12. The molecule has 2 aromatic carbocycles. The van der Waals surface area contributed by atoms with Gasteiger partial charge in [0.05, 0.1) is 0 Å². The van der Waals surface area contributed by atoms with Gasteiger partial charge in [-0.1, -0.05) is 30.3 Å². The zero-order valence-corrected chi connectivity index (χ0v) is 20.4. The van der Waals surface area contributed by atoms with E-state index in [9.17, 15) is 5.11 Å². The molecule has 5 nitrogen and oxygen atoms in total. The van der Waals surface area contributed by atoms with Crippen molar-refractivity contribution in [3.8, 4) is 0 Å². The van der Waals surface area contributed by atoms with Gasteiger partial charge in [-0.3, -0.25) is 4.99 Å². The van der Waals surface area contributed by atoms with Gasteiger partial charge < -0.3 is 20.6 Å². The fourth-order valence-electron chi connectivity index (χ4n) is 3.10. The number of aliphatic hydroxyl groups is 1. The number of anilines is 1. The third-order valence-electron chi connectivity index (χ3n) is 4.63. The third kappa shape index (κ3) is 6.07. The Morgan fingerprint density at radius 2 is 1.90 bits per heavy atom. The monoisotopic (exact) mass is 524 g/mol. The van der Waals surface area contributed by atoms with Gasteiger partial charge in [-0.25, -0.2) is 0 Å². The molecular weight excluding hydrogens is 495 g/mol. The number of fused-ring (bicyclic) bond motifs is 1. The number of nitrogens with zero attached hydrogens (tertiary/aromatic N) is 2. The van der Waals surface area contributed by atoms with Crippen molar-refractivity contribution in [2.24, 2.45) is 4.99 Å². The zero-order chi connectivity index (χ0) is 20.1. The Bertz CT molecular complexity index is 937. The minimum absolute atomic E-state index is 0. The second kappa shape index (κ2) is 10.8. The van der Waals surface area contributed by atoms with E-state index in [1.165, 1.54) is 26.9 Å². The lowest BCUT2D eigenvalue weighted by atomic mass is 10.1. The first-order valence-electron chi connectivity index (χ1n) is 9.36. The Balaban J connectivity index is 0.00000300. The summed E-state index contributed by atoms with van der Waals surface area (Å²) in [5.74, 6) is 0.672. The molecular formula is C22H29IN4OS. The normalized spacial score (nSPS) is 12.4. The largest absolute Gasteiger partial charge is 0.386 e. The summed E-state index contributed by atoms with van der Waals surface area (Å²) < 4.78 is 1.19. The second-order valence-corrected chi connectivity index (χ2v) is 8.15. The van der Waals surface area contributed by atoms with Gasteiger partial charge in [0.25, 0.3) is 0 Å². The molecule has 1 aromatic heterocycles. The van der Waals surface area contributed by atoms with Gasteiger partial charge in [-0.2, -0.15) is 0 Å². The molecule has 3 aromatic rings. The van der Waals surface area contributed by atoms with Crippen LogP contribution < -0.4 is 15.5 Å². The summed E-state index contributed by atoms with van der Waals surface area (Å²) in [5, 5.41) is 18.3. The number of aryl methyl sites for hydroxylation is 1. The lowest BCUT2D eigenvalue weighted by molar-refractivity contribution is 0.184. The van der Waals surface area contributed by atoms with Crippen molar-refractivity contribution in [1.82, 2.24) is 10.6 Å². The van der Waals surface area contributed by atoms with E-state index in [2.05, 4.69) is 63.8 Å². The fraction of sp³-hybridized carbons (Fsp3) is 0.318.